The first kappa shape index (κ1) is 21.8. The molecule has 0 spiro atoms. The number of carbonyl (C=O) groups is 2. The van der Waals surface area contributed by atoms with Crippen molar-refractivity contribution in [1.82, 2.24) is 0 Å². The summed E-state index contributed by atoms with van der Waals surface area (Å²) in [5.41, 5.74) is 1.24. The molecule has 0 saturated heterocycles. The van der Waals surface area contributed by atoms with Crippen molar-refractivity contribution >= 4 is 17.6 Å². The van der Waals surface area contributed by atoms with Gasteiger partial charge in [0.25, 0.3) is 0 Å². The molecule has 0 saturated carbocycles. The zero-order valence-corrected chi connectivity index (χ0v) is 18.2. The summed E-state index contributed by atoms with van der Waals surface area (Å²) in [4.78, 5) is 26.0. The summed E-state index contributed by atoms with van der Waals surface area (Å²) < 4.78 is 17.0. The normalized spacial score (nSPS) is 22.0. The fourth-order valence-electron chi connectivity index (χ4n) is 4.34. The van der Waals surface area contributed by atoms with E-state index in [2.05, 4.69) is 5.32 Å². The van der Waals surface area contributed by atoms with Crippen LogP contribution >= 0.6 is 0 Å². The van der Waals surface area contributed by atoms with Gasteiger partial charge in [0, 0.05) is 5.69 Å². The van der Waals surface area contributed by atoms with E-state index in [1.165, 1.54) is 0 Å². The maximum Gasteiger partial charge on any atom is 0.338 e. The molecule has 2 aromatic rings. The molecule has 0 aliphatic carbocycles. The van der Waals surface area contributed by atoms with Crippen LogP contribution in [0.25, 0.3) is 0 Å². The molecule has 0 fully saturated rings. The van der Waals surface area contributed by atoms with E-state index in [4.69, 9.17) is 14.2 Å². The first-order valence-electron chi connectivity index (χ1n) is 10.9. The highest BCUT2D eigenvalue weighted by atomic mass is 16.6. The van der Waals surface area contributed by atoms with Crippen molar-refractivity contribution in [2.45, 2.75) is 38.0 Å². The lowest BCUT2D eigenvalue weighted by atomic mass is 9.79. The molecule has 1 N–H and O–H groups in total. The molecule has 6 nitrogen and oxygen atoms in total. The van der Waals surface area contributed by atoms with Crippen molar-refractivity contribution in [3.63, 3.8) is 0 Å². The van der Waals surface area contributed by atoms with Crippen LogP contribution in [0.4, 0.5) is 5.69 Å². The second kappa shape index (κ2) is 9.40. The summed E-state index contributed by atoms with van der Waals surface area (Å²) in [5.74, 6) is -1.11. The van der Waals surface area contributed by atoms with E-state index in [0.717, 1.165) is 11.3 Å². The van der Waals surface area contributed by atoms with Crippen LogP contribution in [-0.4, -0.2) is 42.9 Å². The third-order valence-electron chi connectivity index (χ3n) is 5.68. The summed E-state index contributed by atoms with van der Waals surface area (Å²) in [6, 6.07) is 19.3. The Kier molecular flexibility index (Phi) is 6.42. The molecular formula is C26H27NO5. The molecule has 3 unspecified atom stereocenters. The number of hydrogen-bond donors (Lipinski definition) is 1. The van der Waals surface area contributed by atoms with E-state index in [0.29, 0.717) is 6.42 Å². The predicted octanol–water partition coefficient (Wildman–Crippen LogP) is 3.84. The van der Waals surface area contributed by atoms with Crippen LogP contribution in [-0.2, 0) is 30.2 Å². The number of carbonyl (C=O) groups excluding carboxylic acids is 2. The van der Waals surface area contributed by atoms with Gasteiger partial charge >= 0.3 is 11.9 Å². The van der Waals surface area contributed by atoms with Crippen LogP contribution in [0.5, 0.6) is 0 Å². The van der Waals surface area contributed by atoms with Crippen LogP contribution in [0, 0.1) is 0 Å². The Hall–Kier alpha value is -3.38. The number of esters is 2. The minimum atomic E-state index is -1.16. The number of rotatable bonds is 9. The lowest BCUT2D eigenvalue weighted by Crippen LogP contribution is -2.49. The van der Waals surface area contributed by atoms with Crippen LogP contribution < -0.4 is 5.32 Å². The quantitative estimate of drug-likeness (QED) is 0.479. The van der Waals surface area contributed by atoms with E-state index in [1.807, 2.05) is 72.8 Å². The molecule has 2 aliphatic rings. The number of ether oxygens (including phenoxy) is 3. The Morgan fingerprint density at radius 1 is 0.969 bits per heavy atom. The lowest BCUT2D eigenvalue weighted by molar-refractivity contribution is -0.142. The van der Waals surface area contributed by atoms with Gasteiger partial charge in [-0.25, -0.2) is 9.59 Å². The van der Waals surface area contributed by atoms with Crippen LogP contribution in [0.15, 0.2) is 84.0 Å². The summed E-state index contributed by atoms with van der Waals surface area (Å²) in [6.07, 6.45) is 3.60. The van der Waals surface area contributed by atoms with E-state index in [1.54, 1.807) is 13.8 Å². The fraction of sp³-hybridized carbons (Fsp3) is 0.308. The average Bonchev–Trinajstić information content (AvgIpc) is 3.38. The molecule has 0 aromatic heterocycles. The highest BCUT2D eigenvalue weighted by Gasteiger charge is 2.58. The van der Waals surface area contributed by atoms with Gasteiger partial charge in [0.15, 0.2) is 0 Å². The SMILES string of the molecule is CCOC(=O)C1=C(C(=O)OCC)C2(C(Cc3ccccc3)Nc3ccccc3)C=CC1O2. The van der Waals surface area contributed by atoms with Crippen LogP contribution in [0.3, 0.4) is 0 Å². The minimum Gasteiger partial charge on any atom is -0.463 e. The largest absolute Gasteiger partial charge is 0.463 e. The first-order chi connectivity index (χ1) is 15.6. The minimum absolute atomic E-state index is 0.193. The Morgan fingerprint density at radius 3 is 2.25 bits per heavy atom. The van der Waals surface area contributed by atoms with Gasteiger partial charge in [-0.1, -0.05) is 54.6 Å². The molecule has 3 atom stereocenters. The summed E-state index contributed by atoms with van der Waals surface area (Å²) in [5, 5.41) is 3.54. The van der Waals surface area contributed by atoms with Crippen LogP contribution in [0.1, 0.15) is 19.4 Å². The number of nitrogens with one attached hydrogen (secondary N) is 1. The Bertz CT molecular complexity index is 989. The zero-order chi connectivity index (χ0) is 22.6. The van der Waals surface area contributed by atoms with Gasteiger partial charge in [-0.15, -0.1) is 0 Å². The summed E-state index contributed by atoms with van der Waals surface area (Å²) in [7, 11) is 0. The topological polar surface area (TPSA) is 73.9 Å². The molecule has 2 bridgehead atoms. The molecule has 166 valence electrons. The maximum atomic E-state index is 13.1. The van der Waals surface area contributed by atoms with Gasteiger partial charge in [-0.05, 0) is 44.0 Å². The van der Waals surface area contributed by atoms with Crippen molar-refractivity contribution in [2.75, 3.05) is 18.5 Å². The van der Waals surface area contributed by atoms with E-state index in [-0.39, 0.29) is 30.4 Å². The third-order valence-corrected chi connectivity index (χ3v) is 5.68. The first-order valence-corrected chi connectivity index (χ1v) is 10.9. The van der Waals surface area contributed by atoms with Crippen molar-refractivity contribution < 1.29 is 23.8 Å². The predicted molar refractivity (Wildman–Crippen MR) is 121 cm³/mol. The van der Waals surface area contributed by atoms with Gasteiger partial charge in [0.05, 0.1) is 30.4 Å². The summed E-state index contributed by atoms with van der Waals surface area (Å²) >= 11 is 0. The van der Waals surface area contributed by atoms with Gasteiger partial charge in [0.2, 0.25) is 0 Å². The Labute approximate surface area is 187 Å². The van der Waals surface area contributed by atoms with Gasteiger partial charge in [0.1, 0.15) is 11.7 Å². The number of anilines is 1. The molecule has 2 aromatic carbocycles. The standard InChI is InChI=1S/C26H27NO5/c1-3-30-24(28)22-20-15-16-26(32-20,23(22)25(29)31-4-2)21(17-18-11-7-5-8-12-18)27-19-13-9-6-10-14-19/h5-16,20-21,27H,3-4,17H2,1-2H3. The Balaban J connectivity index is 1.80. The number of hydrogen-bond acceptors (Lipinski definition) is 6. The number of benzene rings is 2. The zero-order valence-electron chi connectivity index (χ0n) is 18.2. The monoisotopic (exact) mass is 433 g/mol. The molecule has 2 aliphatic heterocycles. The molecule has 2 heterocycles. The van der Waals surface area contributed by atoms with E-state index < -0.39 is 23.6 Å². The lowest BCUT2D eigenvalue weighted by Gasteiger charge is -2.36. The third kappa shape index (κ3) is 4.06. The van der Waals surface area contributed by atoms with Crippen molar-refractivity contribution in [1.29, 1.82) is 0 Å². The van der Waals surface area contributed by atoms with Gasteiger partial charge < -0.3 is 19.5 Å². The number of fused-ring (bicyclic) bond motifs is 2. The van der Waals surface area contributed by atoms with Gasteiger partial charge in [-0.3, -0.25) is 0 Å². The Morgan fingerprint density at radius 2 is 1.59 bits per heavy atom. The van der Waals surface area contributed by atoms with Crippen LogP contribution in [0.2, 0.25) is 0 Å². The second-order valence-electron chi connectivity index (χ2n) is 7.67. The molecule has 4 rings (SSSR count). The molecular weight excluding hydrogens is 406 g/mol. The summed E-state index contributed by atoms with van der Waals surface area (Å²) in [6.45, 7) is 3.87. The highest BCUT2D eigenvalue weighted by Crippen LogP contribution is 2.47. The maximum absolute atomic E-state index is 13.1. The highest BCUT2D eigenvalue weighted by molar-refractivity contribution is 6.05. The van der Waals surface area contributed by atoms with Crippen molar-refractivity contribution in [2.24, 2.45) is 0 Å². The average molecular weight is 434 g/mol. The molecule has 0 radical (unpaired) electrons. The van der Waals surface area contributed by atoms with Gasteiger partial charge in [-0.2, -0.15) is 0 Å². The molecule has 0 amide bonds. The number of para-hydroxylation sites is 1. The molecule has 32 heavy (non-hydrogen) atoms. The fourth-order valence-corrected chi connectivity index (χ4v) is 4.34. The van der Waals surface area contributed by atoms with E-state index >= 15 is 0 Å². The second-order valence-corrected chi connectivity index (χ2v) is 7.67. The molecule has 6 heteroatoms. The van der Waals surface area contributed by atoms with Crippen molar-refractivity contribution in [3.05, 3.63) is 89.5 Å². The smallest absolute Gasteiger partial charge is 0.338 e. The van der Waals surface area contributed by atoms with Crippen molar-refractivity contribution in [3.8, 4) is 0 Å². The van der Waals surface area contributed by atoms with E-state index in [9.17, 15) is 9.59 Å².